The van der Waals surface area contributed by atoms with E-state index < -0.39 is 6.10 Å². The molecule has 0 radical (unpaired) electrons. The number of aryl methyl sites for hydroxylation is 1. The van der Waals surface area contributed by atoms with Crippen molar-refractivity contribution in [3.05, 3.63) is 22.9 Å². The predicted molar refractivity (Wildman–Crippen MR) is 57.8 cm³/mol. The van der Waals surface area contributed by atoms with Crippen LogP contribution in [0.25, 0.3) is 11.0 Å². The first-order valence-electron chi connectivity index (χ1n) is 4.88. The number of fused-ring (bicyclic) bond motifs is 1. The van der Waals surface area contributed by atoms with Crippen LogP contribution in [0.1, 0.15) is 0 Å². The summed E-state index contributed by atoms with van der Waals surface area (Å²) >= 11 is 0. The van der Waals surface area contributed by atoms with Crippen LogP contribution in [0, 0.1) is 0 Å². The van der Waals surface area contributed by atoms with Crippen molar-refractivity contribution in [1.29, 1.82) is 0 Å². The van der Waals surface area contributed by atoms with Crippen LogP contribution in [0.4, 0.5) is 0 Å². The van der Waals surface area contributed by atoms with E-state index in [0.717, 1.165) is 0 Å². The number of hydrogen-bond donors (Lipinski definition) is 2. The van der Waals surface area contributed by atoms with Crippen LogP contribution in [0.5, 0.6) is 0 Å². The van der Waals surface area contributed by atoms with Crippen LogP contribution in [-0.4, -0.2) is 37.1 Å². The molecule has 1 unspecified atom stereocenters. The lowest BCUT2D eigenvalue weighted by atomic mass is 10.3. The summed E-state index contributed by atoms with van der Waals surface area (Å²) in [7, 11) is 1.72. The quantitative estimate of drug-likeness (QED) is 0.656. The molecule has 0 saturated heterocycles. The van der Waals surface area contributed by atoms with Crippen LogP contribution in [-0.2, 0) is 13.6 Å². The Morgan fingerprint density at radius 1 is 1.62 bits per heavy atom. The van der Waals surface area contributed by atoms with Gasteiger partial charge in [0.25, 0.3) is 5.56 Å². The Kier molecular flexibility index (Phi) is 2.71. The lowest BCUT2D eigenvalue weighted by molar-refractivity contribution is 0.160. The largest absolute Gasteiger partial charge is 0.390 e. The topological polar surface area (TPSA) is 99.0 Å². The summed E-state index contributed by atoms with van der Waals surface area (Å²) in [5.41, 5.74) is 5.60. The van der Waals surface area contributed by atoms with Crippen LogP contribution in [0.2, 0.25) is 0 Å². The molecule has 7 heteroatoms. The van der Waals surface area contributed by atoms with Crippen LogP contribution in [0.15, 0.2) is 17.3 Å². The molecule has 0 aliphatic heterocycles. The average Bonchev–Trinajstić information content (AvgIpc) is 2.65. The number of nitrogens with zero attached hydrogens (tertiary/aromatic N) is 4. The van der Waals surface area contributed by atoms with Gasteiger partial charge in [0.15, 0.2) is 5.65 Å². The second-order valence-electron chi connectivity index (χ2n) is 3.60. The number of aromatic nitrogens is 4. The lowest BCUT2D eigenvalue weighted by Crippen LogP contribution is -2.31. The molecule has 2 aromatic rings. The van der Waals surface area contributed by atoms with E-state index in [1.54, 1.807) is 7.05 Å². The Morgan fingerprint density at radius 2 is 2.38 bits per heavy atom. The molecule has 0 saturated carbocycles. The van der Waals surface area contributed by atoms with Gasteiger partial charge in [-0.3, -0.25) is 14.0 Å². The molecule has 2 rings (SSSR count). The van der Waals surface area contributed by atoms with E-state index in [9.17, 15) is 9.90 Å². The summed E-state index contributed by atoms with van der Waals surface area (Å²) in [6, 6.07) is 0. The van der Waals surface area contributed by atoms with Gasteiger partial charge in [0.05, 0.1) is 18.8 Å². The molecule has 2 heterocycles. The monoisotopic (exact) mass is 223 g/mol. The summed E-state index contributed by atoms with van der Waals surface area (Å²) in [6.45, 7) is 0.255. The fourth-order valence-electron chi connectivity index (χ4n) is 1.50. The molecule has 1 atom stereocenters. The molecule has 0 amide bonds. The highest BCUT2D eigenvalue weighted by Crippen LogP contribution is 2.03. The summed E-state index contributed by atoms with van der Waals surface area (Å²) in [4.78, 5) is 16.0. The van der Waals surface area contributed by atoms with Gasteiger partial charge < -0.3 is 10.8 Å². The summed E-state index contributed by atoms with van der Waals surface area (Å²) in [5.74, 6) is 0. The second kappa shape index (κ2) is 4.03. The minimum absolute atomic E-state index is 0.109. The van der Waals surface area contributed by atoms with Crippen molar-refractivity contribution in [2.24, 2.45) is 12.8 Å². The van der Waals surface area contributed by atoms with Gasteiger partial charge in [0, 0.05) is 13.6 Å². The number of aliphatic hydroxyl groups excluding tert-OH is 1. The minimum atomic E-state index is -0.742. The molecular formula is C9H13N5O2. The standard InChI is InChI=1S/C9H13N5O2/c1-13-8-7(3-12-13)9(16)14(5-11-8)4-6(15)2-10/h3,5-6,15H,2,4,10H2,1H3. The molecule has 0 fully saturated rings. The van der Waals surface area contributed by atoms with E-state index in [1.165, 1.54) is 21.8 Å². The van der Waals surface area contributed by atoms with Gasteiger partial charge >= 0.3 is 0 Å². The Bertz CT molecular complexity index is 559. The second-order valence-corrected chi connectivity index (χ2v) is 3.60. The minimum Gasteiger partial charge on any atom is -0.390 e. The first kappa shape index (κ1) is 10.8. The molecular weight excluding hydrogens is 210 g/mol. The SMILES string of the molecule is Cn1ncc2c(=O)n(CC(O)CN)cnc21. The summed E-state index contributed by atoms with van der Waals surface area (Å²) in [5, 5.41) is 13.8. The van der Waals surface area contributed by atoms with Gasteiger partial charge in [-0.2, -0.15) is 5.10 Å². The van der Waals surface area contributed by atoms with Gasteiger partial charge in [-0.25, -0.2) is 4.98 Å². The zero-order chi connectivity index (χ0) is 11.7. The van der Waals surface area contributed by atoms with Gasteiger partial charge in [0.1, 0.15) is 11.7 Å². The Balaban J connectivity index is 2.49. The Labute approximate surface area is 91.1 Å². The van der Waals surface area contributed by atoms with Crippen molar-refractivity contribution in [2.45, 2.75) is 12.6 Å². The number of aliphatic hydroxyl groups is 1. The van der Waals surface area contributed by atoms with E-state index in [0.29, 0.717) is 11.0 Å². The first-order valence-corrected chi connectivity index (χ1v) is 4.88. The lowest BCUT2D eigenvalue weighted by Gasteiger charge is -2.09. The van der Waals surface area contributed by atoms with Crippen LogP contribution >= 0.6 is 0 Å². The van der Waals surface area contributed by atoms with E-state index in [-0.39, 0.29) is 18.6 Å². The number of rotatable bonds is 3. The van der Waals surface area contributed by atoms with Crippen LogP contribution in [0.3, 0.4) is 0 Å². The molecule has 7 nitrogen and oxygen atoms in total. The number of nitrogens with two attached hydrogens (primary N) is 1. The molecule has 0 aliphatic rings. The van der Waals surface area contributed by atoms with E-state index in [1.807, 2.05) is 0 Å². The van der Waals surface area contributed by atoms with Crippen molar-refractivity contribution in [3.8, 4) is 0 Å². The zero-order valence-electron chi connectivity index (χ0n) is 8.87. The van der Waals surface area contributed by atoms with Crippen molar-refractivity contribution in [3.63, 3.8) is 0 Å². The third kappa shape index (κ3) is 1.70. The molecule has 0 spiro atoms. The smallest absolute Gasteiger partial charge is 0.264 e. The average molecular weight is 223 g/mol. The molecule has 0 aromatic carbocycles. The van der Waals surface area contributed by atoms with Crippen molar-refractivity contribution >= 4 is 11.0 Å². The third-order valence-electron chi connectivity index (χ3n) is 2.40. The highest BCUT2D eigenvalue weighted by atomic mass is 16.3. The van der Waals surface area contributed by atoms with E-state index >= 15 is 0 Å². The maximum Gasteiger partial charge on any atom is 0.264 e. The van der Waals surface area contributed by atoms with E-state index in [4.69, 9.17) is 5.73 Å². The summed E-state index contributed by atoms with van der Waals surface area (Å²) < 4.78 is 2.86. The molecule has 2 aromatic heterocycles. The van der Waals surface area contributed by atoms with Gasteiger partial charge in [-0.05, 0) is 0 Å². The molecule has 0 bridgehead atoms. The Hall–Kier alpha value is -1.73. The maximum absolute atomic E-state index is 11.9. The first-order chi connectivity index (χ1) is 7.63. The highest BCUT2D eigenvalue weighted by Gasteiger charge is 2.10. The summed E-state index contributed by atoms with van der Waals surface area (Å²) in [6.07, 6.45) is 2.12. The predicted octanol–water partition coefficient (Wildman–Crippen LogP) is -1.55. The van der Waals surface area contributed by atoms with Crippen molar-refractivity contribution < 1.29 is 5.11 Å². The fourth-order valence-corrected chi connectivity index (χ4v) is 1.50. The molecule has 0 aliphatic carbocycles. The Morgan fingerprint density at radius 3 is 3.06 bits per heavy atom. The van der Waals surface area contributed by atoms with E-state index in [2.05, 4.69) is 10.1 Å². The zero-order valence-corrected chi connectivity index (χ0v) is 8.87. The van der Waals surface area contributed by atoms with Gasteiger partial charge in [-0.15, -0.1) is 0 Å². The fraction of sp³-hybridized carbons (Fsp3) is 0.444. The molecule has 86 valence electrons. The molecule has 16 heavy (non-hydrogen) atoms. The van der Waals surface area contributed by atoms with Crippen molar-refractivity contribution in [1.82, 2.24) is 19.3 Å². The highest BCUT2D eigenvalue weighted by molar-refractivity contribution is 5.72. The third-order valence-corrected chi connectivity index (χ3v) is 2.40. The van der Waals surface area contributed by atoms with Crippen LogP contribution < -0.4 is 11.3 Å². The van der Waals surface area contributed by atoms with Gasteiger partial charge in [0.2, 0.25) is 0 Å². The normalized spacial score (nSPS) is 13.2. The number of hydrogen-bond acceptors (Lipinski definition) is 5. The molecule has 3 N–H and O–H groups in total. The van der Waals surface area contributed by atoms with Gasteiger partial charge in [-0.1, -0.05) is 0 Å². The van der Waals surface area contributed by atoms with Crippen molar-refractivity contribution in [2.75, 3.05) is 6.54 Å². The maximum atomic E-state index is 11.9.